The second-order valence-corrected chi connectivity index (χ2v) is 7.35. The third-order valence-corrected chi connectivity index (χ3v) is 5.19. The molecule has 0 aliphatic heterocycles. The highest BCUT2D eigenvalue weighted by molar-refractivity contribution is 6.29. The molecule has 2 aromatic carbocycles. The number of ketones is 1. The van der Waals surface area contributed by atoms with E-state index >= 15 is 0 Å². The molecular formula is C24H22ClFN2O2. The van der Waals surface area contributed by atoms with Gasteiger partial charge in [0.2, 0.25) is 5.91 Å². The first-order valence-corrected chi connectivity index (χ1v) is 10.1. The maximum atomic E-state index is 14.6. The van der Waals surface area contributed by atoms with E-state index in [1.165, 1.54) is 12.1 Å². The lowest BCUT2D eigenvalue weighted by Crippen LogP contribution is -2.24. The van der Waals surface area contributed by atoms with Gasteiger partial charge in [0.15, 0.2) is 5.78 Å². The molecule has 1 amide bonds. The van der Waals surface area contributed by atoms with Crippen LogP contribution in [0.3, 0.4) is 0 Å². The largest absolute Gasteiger partial charge is 0.316 e. The number of halogens is 2. The first kappa shape index (κ1) is 21.7. The molecule has 0 radical (unpaired) electrons. The highest BCUT2D eigenvalue weighted by Crippen LogP contribution is 2.25. The molecule has 154 valence electrons. The summed E-state index contributed by atoms with van der Waals surface area (Å²) in [6.07, 6.45) is 2.69. The zero-order valence-corrected chi connectivity index (χ0v) is 17.6. The fourth-order valence-corrected chi connectivity index (χ4v) is 3.24. The Hall–Kier alpha value is -3.05. The molecule has 0 spiro atoms. The second-order valence-electron chi connectivity index (χ2n) is 6.96. The number of benzene rings is 2. The van der Waals surface area contributed by atoms with Crippen LogP contribution >= 0.6 is 11.6 Å². The van der Waals surface area contributed by atoms with Crippen molar-refractivity contribution >= 4 is 29.0 Å². The maximum Gasteiger partial charge on any atom is 0.226 e. The summed E-state index contributed by atoms with van der Waals surface area (Å²) in [5, 5.41) is 0.392. The lowest BCUT2D eigenvalue weighted by atomic mass is 9.99. The molecule has 0 aliphatic rings. The topological polar surface area (TPSA) is 50.3 Å². The fourth-order valence-electron chi connectivity index (χ4n) is 3.13. The van der Waals surface area contributed by atoms with Gasteiger partial charge in [-0.25, -0.2) is 9.37 Å². The highest BCUT2D eigenvalue weighted by Gasteiger charge is 2.14. The van der Waals surface area contributed by atoms with Crippen molar-refractivity contribution in [3.8, 4) is 11.1 Å². The third kappa shape index (κ3) is 5.10. The number of hydrogen-bond donors (Lipinski definition) is 0. The second kappa shape index (κ2) is 9.63. The number of Topliss-reactive ketones (excluding diaryl/α,β-unsaturated/α-hetero) is 1. The first-order valence-electron chi connectivity index (χ1n) is 9.69. The summed E-state index contributed by atoms with van der Waals surface area (Å²) in [6.45, 7) is 1.81. The minimum absolute atomic E-state index is 0.0195. The Morgan fingerprint density at radius 2 is 1.73 bits per heavy atom. The standard InChI is InChI=1S/C24H22ClFN2O2/c1-3-24(30)28(2)19-9-6-17(7-10-19)18-8-11-20(21(26)14-18)22(29)12-4-16-5-13-23(25)27-15-16/h5-11,13-15H,3-4,12H2,1-2H3. The highest BCUT2D eigenvalue weighted by atomic mass is 35.5. The summed E-state index contributed by atoms with van der Waals surface area (Å²) in [6, 6.07) is 15.4. The van der Waals surface area contributed by atoms with E-state index in [9.17, 15) is 14.0 Å². The molecule has 0 N–H and O–H groups in total. The molecule has 30 heavy (non-hydrogen) atoms. The van der Waals surface area contributed by atoms with Gasteiger partial charge in [0.05, 0.1) is 5.56 Å². The number of pyridine rings is 1. The summed E-state index contributed by atoms with van der Waals surface area (Å²) in [5.74, 6) is -0.788. The molecule has 4 nitrogen and oxygen atoms in total. The summed E-state index contributed by atoms with van der Waals surface area (Å²) >= 11 is 5.76. The van der Waals surface area contributed by atoms with E-state index in [4.69, 9.17) is 11.6 Å². The van der Waals surface area contributed by atoms with Crippen LogP contribution in [-0.4, -0.2) is 23.7 Å². The molecule has 0 aliphatic carbocycles. The van der Waals surface area contributed by atoms with Crippen molar-refractivity contribution in [3.63, 3.8) is 0 Å². The lowest BCUT2D eigenvalue weighted by Gasteiger charge is -2.16. The van der Waals surface area contributed by atoms with Crippen molar-refractivity contribution in [1.82, 2.24) is 4.98 Å². The number of nitrogens with zero attached hydrogens (tertiary/aromatic N) is 2. The minimum atomic E-state index is -0.547. The summed E-state index contributed by atoms with van der Waals surface area (Å²) < 4.78 is 14.6. The van der Waals surface area contributed by atoms with Crippen LogP contribution in [-0.2, 0) is 11.2 Å². The van der Waals surface area contributed by atoms with E-state index in [0.717, 1.165) is 16.8 Å². The summed E-state index contributed by atoms with van der Waals surface area (Å²) in [5.41, 5.74) is 3.19. The number of rotatable bonds is 7. The Balaban J connectivity index is 1.70. The average molecular weight is 425 g/mol. The van der Waals surface area contributed by atoms with Crippen LogP contribution in [0.25, 0.3) is 11.1 Å². The number of aromatic nitrogens is 1. The molecule has 0 fully saturated rings. The Labute approximate surface area is 180 Å². The van der Waals surface area contributed by atoms with Crippen molar-refractivity contribution in [3.05, 3.63) is 82.9 Å². The van der Waals surface area contributed by atoms with Crippen LogP contribution in [0.2, 0.25) is 5.15 Å². The molecule has 0 atom stereocenters. The van der Waals surface area contributed by atoms with Crippen LogP contribution < -0.4 is 4.90 Å². The van der Waals surface area contributed by atoms with Crippen LogP contribution in [0.5, 0.6) is 0 Å². The van der Waals surface area contributed by atoms with Gasteiger partial charge in [-0.05, 0) is 53.4 Å². The molecule has 1 heterocycles. The molecular weight excluding hydrogens is 403 g/mol. The van der Waals surface area contributed by atoms with Gasteiger partial charge >= 0.3 is 0 Å². The molecule has 0 unspecified atom stereocenters. The Kier molecular flexibility index (Phi) is 6.95. The fraction of sp³-hybridized carbons (Fsp3) is 0.208. The summed E-state index contributed by atoms with van der Waals surface area (Å²) in [7, 11) is 1.72. The van der Waals surface area contributed by atoms with Gasteiger partial charge in [0.25, 0.3) is 0 Å². The molecule has 3 aromatic rings. The number of anilines is 1. The van der Waals surface area contributed by atoms with E-state index in [0.29, 0.717) is 23.6 Å². The van der Waals surface area contributed by atoms with Gasteiger partial charge in [-0.3, -0.25) is 9.59 Å². The van der Waals surface area contributed by atoms with Crippen LogP contribution in [0.15, 0.2) is 60.8 Å². The lowest BCUT2D eigenvalue weighted by molar-refractivity contribution is -0.118. The predicted octanol–water partition coefficient (Wildman–Crippen LogP) is 5.73. The van der Waals surface area contributed by atoms with Crippen LogP contribution in [0.1, 0.15) is 35.7 Å². The van der Waals surface area contributed by atoms with E-state index in [1.54, 1.807) is 36.3 Å². The van der Waals surface area contributed by atoms with Gasteiger partial charge in [0.1, 0.15) is 11.0 Å². The normalized spacial score (nSPS) is 10.7. The maximum absolute atomic E-state index is 14.6. The minimum Gasteiger partial charge on any atom is -0.316 e. The van der Waals surface area contributed by atoms with Crippen molar-refractivity contribution in [2.24, 2.45) is 0 Å². The van der Waals surface area contributed by atoms with Crippen molar-refractivity contribution in [2.75, 3.05) is 11.9 Å². The molecule has 6 heteroatoms. The molecule has 0 bridgehead atoms. The van der Waals surface area contributed by atoms with Crippen molar-refractivity contribution in [2.45, 2.75) is 26.2 Å². The van der Waals surface area contributed by atoms with Crippen LogP contribution in [0, 0.1) is 5.82 Å². The van der Waals surface area contributed by atoms with E-state index in [1.807, 2.05) is 31.2 Å². The monoisotopic (exact) mass is 424 g/mol. The number of aryl methyl sites for hydroxylation is 1. The Morgan fingerprint density at radius 3 is 2.33 bits per heavy atom. The SMILES string of the molecule is CCC(=O)N(C)c1ccc(-c2ccc(C(=O)CCc3ccc(Cl)nc3)c(F)c2)cc1. The molecule has 0 saturated carbocycles. The average Bonchev–Trinajstić information content (AvgIpc) is 2.77. The Bertz CT molecular complexity index is 1050. The number of carbonyl (C=O) groups excluding carboxylic acids is 2. The summed E-state index contributed by atoms with van der Waals surface area (Å²) in [4.78, 5) is 29.8. The van der Waals surface area contributed by atoms with E-state index < -0.39 is 5.82 Å². The molecule has 3 rings (SSSR count). The van der Waals surface area contributed by atoms with E-state index in [2.05, 4.69) is 4.98 Å². The van der Waals surface area contributed by atoms with Gasteiger partial charge in [-0.2, -0.15) is 0 Å². The molecule has 1 aromatic heterocycles. The van der Waals surface area contributed by atoms with Crippen LogP contribution in [0.4, 0.5) is 10.1 Å². The first-order chi connectivity index (χ1) is 14.4. The number of hydrogen-bond acceptors (Lipinski definition) is 3. The van der Waals surface area contributed by atoms with Crippen molar-refractivity contribution in [1.29, 1.82) is 0 Å². The van der Waals surface area contributed by atoms with Gasteiger partial charge in [-0.1, -0.05) is 42.8 Å². The number of carbonyl (C=O) groups is 2. The number of amides is 1. The van der Waals surface area contributed by atoms with Crippen molar-refractivity contribution < 1.29 is 14.0 Å². The Morgan fingerprint density at radius 1 is 1.03 bits per heavy atom. The van der Waals surface area contributed by atoms with E-state index in [-0.39, 0.29) is 23.7 Å². The predicted molar refractivity (Wildman–Crippen MR) is 117 cm³/mol. The van der Waals surface area contributed by atoms with Gasteiger partial charge < -0.3 is 4.90 Å². The quantitative estimate of drug-likeness (QED) is 0.359. The molecule has 0 saturated heterocycles. The van der Waals surface area contributed by atoms with Gasteiger partial charge in [0, 0.05) is 31.8 Å². The van der Waals surface area contributed by atoms with Gasteiger partial charge in [-0.15, -0.1) is 0 Å². The zero-order valence-electron chi connectivity index (χ0n) is 16.9. The zero-order chi connectivity index (χ0) is 21.7. The third-order valence-electron chi connectivity index (χ3n) is 4.96. The smallest absolute Gasteiger partial charge is 0.226 e.